The first-order valence-electron chi connectivity index (χ1n) is 20.3. The van der Waals surface area contributed by atoms with Crippen LogP contribution in [0.4, 0.5) is 35.1 Å². The molecule has 4 rings (SSSR count). The highest BCUT2D eigenvalue weighted by Gasteiger charge is 2.28. The van der Waals surface area contributed by atoms with Crippen molar-refractivity contribution in [2.24, 2.45) is 9.98 Å². The maximum absolute atomic E-state index is 15.6. The van der Waals surface area contributed by atoms with Gasteiger partial charge in [0.05, 0.1) is 11.9 Å². The second-order valence-electron chi connectivity index (χ2n) is 18.5. The fourth-order valence-corrected chi connectivity index (χ4v) is 5.92. The molecule has 0 atom stereocenters. The van der Waals surface area contributed by atoms with E-state index in [1.165, 1.54) is 12.1 Å². The minimum atomic E-state index is -0.894. The molecular weight excluding hydrogens is 806 g/mol. The van der Waals surface area contributed by atoms with Crippen LogP contribution >= 0.6 is 0 Å². The molecule has 2 aliphatic rings. The number of benzene rings is 1. The summed E-state index contributed by atoms with van der Waals surface area (Å²) in [6.07, 6.45) is 0.394. The van der Waals surface area contributed by atoms with Crippen molar-refractivity contribution < 1.29 is 47.3 Å². The molecule has 0 spiro atoms. The second-order valence-corrected chi connectivity index (χ2v) is 18.5. The molecule has 0 saturated carbocycles. The van der Waals surface area contributed by atoms with Gasteiger partial charge < -0.3 is 39.0 Å². The van der Waals surface area contributed by atoms with E-state index in [0.29, 0.717) is 43.7 Å². The number of carbonyl (C=O) groups excluding carboxylic acids is 5. The standard InChI is InChI=1S/C43H60FN9O9/c1-40(2,3)59-36(55)47-34(48-37(56)60-41(4,5)6)52-19-17-27(18-20-52)30-15-13-28(25-31(30)44)33(54)46-32-16-14-29(26-45-32)51-21-23-53(24-22-51)35(49-38(57)61-42(7,8)9)50-39(58)62-43(10,11)12/h13-17,25-26H,18-24H2,1-12H3,(H,45,46,54)(H,47,48,55,56)(H,49,50,57,58). The maximum Gasteiger partial charge on any atom is 0.437 e. The Morgan fingerprint density at radius 3 is 1.61 bits per heavy atom. The summed E-state index contributed by atoms with van der Waals surface area (Å²) in [5.74, 6) is -0.949. The quantitative estimate of drug-likeness (QED) is 0.157. The molecule has 0 radical (unpaired) electrons. The number of rotatable bonds is 4. The number of ether oxygens (including phenoxy) is 4. The predicted molar refractivity (Wildman–Crippen MR) is 233 cm³/mol. The van der Waals surface area contributed by atoms with Gasteiger partial charge in [0.1, 0.15) is 34.0 Å². The second kappa shape index (κ2) is 19.6. The van der Waals surface area contributed by atoms with Gasteiger partial charge in [-0.3, -0.25) is 15.4 Å². The first kappa shape index (κ1) is 48.4. The molecule has 0 aliphatic carbocycles. The largest absolute Gasteiger partial charge is 0.444 e. The SMILES string of the molecule is CC(C)(C)OC(=O)N=C(NC(=O)OC(C)(C)C)N1CC=C(c2ccc(C(=O)Nc3ccc(N4CCN(C(=NC(=O)OC(C)(C)C)NC(=O)OC(C)(C)C)CC4)cn3)cc2F)CC1. The third-order valence-corrected chi connectivity index (χ3v) is 8.43. The van der Waals surface area contributed by atoms with Crippen molar-refractivity contribution in [3.05, 3.63) is 59.5 Å². The van der Waals surface area contributed by atoms with Crippen LogP contribution in [0.25, 0.3) is 5.57 Å². The van der Waals surface area contributed by atoms with Gasteiger partial charge in [0.2, 0.25) is 11.9 Å². The number of aliphatic imine (C=N–C) groups is 2. The third kappa shape index (κ3) is 16.0. The van der Waals surface area contributed by atoms with Gasteiger partial charge in [-0.25, -0.2) is 28.6 Å². The van der Waals surface area contributed by atoms with Crippen LogP contribution in [0.15, 0.2) is 52.6 Å². The van der Waals surface area contributed by atoms with Crippen LogP contribution in [0.1, 0.15) is 105 Å². The minimum Gasteiger partial charge on any atom is -0.444 e. The monoisotopic (exact) mass is 865 g/mol. The summed E-state index contributed by atoms with van der Waals surface area (Å²) in [5, 5.41) is 7.83. The predicted octanol–water partition coefficient (Wildman–Crippen LogP) is 7.32. The van der Waals surface area contributed by atoms with Gasteiger partial charge in [-0.15, -0.1) is 9.98 Å². The summed E-state index contributed by atoms with van der Waals surface area (Å²) in [6.45, 7) is 22.8. The van der Waals surface area contributed by atoms with Gasteiger partial charge in [-0.05, 0) is 119 Å². The van der Waals surface area contributed by atoms with Crippen molar-refractivity contribution in [1.29, 1.82) is 0 Å². The number of nitrogens with one attached hydrogen (secondary N) is 3. The van der Waals surface area contributed by atoms with E-state index >= 15 is 4.39 Å². The van der Waals surface area contributed by atoms with Gasteiger partial charge in [0, 0.05) is 50.4 Å². The van der Waals surface area contributed by atoms with Crippen molar-refractivity contribution in [2.45, 2.75) is 112 Å². The molecule has 1 saturated heterocycles. The summed E-state index contributed by atoms with van der Waals surface area (Å²) >= 11 is 0. The van der Waals surface area contributed by atoms with E-state index in [0.717, 1.165) is 11.8 Å². The number of carbonyl (C=O) groups is 5. The van der Waals surface area contributed by atoms with E-state index < -0.39 is 58.5 Å². The van der Waals surface area contributed by atoms with Crippen LogP contribution in [0.5, 0.6) is 0 Å². The number of pyridine rings is 1. The number of hydrogen-bond acceptors (Lipinski definition) is 11. The molecule has 18 nitrogen and oxygen atoms in total. The zero-order valence-electron chi connectivity index (χ0n) is 37.7. The van der Waals surface area contributed by atoms with Crippen molar-refractivity contribution in [2.75, 3.05) is 49.5 Å². The maximum atomic E-state index is 15.6. The van der Waals surface area contributed by atoms with Crippen molar-refractivity contribution in [1.82, 2.24) is 25.4 Å². The molecule has 3 N–H and O–H groups in total. The lowest BCUT2D eigenvalue weighted by molar-refractivity contribution is 0.0536. The number of nitrogens with zero attached hydrogens (tertiary/aromatic N) is 6. The summed E-state index contributed by atoms with van der Waals surface area (Å²) in [7, 11) is 0. The van der Waals surface area contributed by atoms with Gasteiger partial charge in [-0.1, -0.05) is 12.1 Å². The number of anilines is 2. The fourth-order valence-electron chi connectivity index (χ4n) is 5.92. The van der Waals surface area contributed by atoms with Gasteiger partial charge >= 0.3 is 24.4 Å². The molecule has 62 heavy (non-hydrogen) atoms. The average Bonchev–Trinajstić information content (AvgIpc) is 3.11. The molecule has 0 unspecified atom stereocenters. The Morgan fingerprint density at radius 1 is 0.661 bits per heavy atom. The number of amides is 5. The topological polar surface area (TPSA) is 206 Å². The molecule has 1 aromatic heterocycles. The van der Waals surface area contributed by atoms with Gasteiger partial charge in [0.15, 0.2) is 0 Å². The van der Waals surface area contributed by atoms with Crippen LogP contribution in [0.2, 0.25) is 0 Å². The number of aromatic nitrogens is 1. The number of guanidine groups is 2. The van der Waals surface area contributed by atoms with E-state index in [-0.39, 0.29) is 36.4 Å². The summed E-state index contributed by atoms with van der Waals surface area (Å²) in [6, 6.07) is 7.64. The lowest BCUT2D eigenvalue weighted by Crippen LogP contribution is -2.54. The number of alkyl carbamates (subject to hydrolysis) is 2. The Kier molecular flexibility index (Phi) is 15.3. The van der Waals surface area contributed by atoms with Crippen LogP contribution in [-0.2, 0) is 18.9 Å². The van der Waals surface area contributed by atoms with Gasteiger partial charge in [-0.2, -0.15) is 0 Å². The fraction of sp³-hybridized carbons (Fsp3) is 0.535. The molecule has 2 aliphatic heterocycles. The van der Waals surface area contributed by atoms with Gasteiger partial charge in [0.25, 0.3) is 5.91 Å². The van der Waals surface area contributed by atoms with E-state index in [9.17, 15) is 24.0 Å². The highest BCUT2D eigenvalue weighted by atomic mass is 19.1. The Labute approximate surface area is 362 Å². The minimum absolute atomic E-state index is 0.0151. The lowest BCUT2D eigenvalue weighted by Gasteiger charge is -2.37. The Balaban J connectivity index is 1.37. The molecule has 3 heterocycles. The zero-order chi connectivity index (χ0) is 46.2. The first-order valence-corrected chi connectivity index (χ1v) is 20.3. The van der Waals surface area contributed by atoms with Crippen molar-refractivity contribution in [3.8, 4) is 0 Å². The Bertz CT molecular complexity index is 2070. The summed E-state index contributed by atoms with van der Waals surface area (Å²) in [4.78, 5) is 81.4. The highest BCUT2D eigenvalue weighted by molar-refractivity contribution is 6.04. The van der Waals surface area contributed by atoms with Crippen LogP contribution < -0.4 is 20.9 Å². The smallest absolute Gasteiger partial charge is 0.437 e. The molecule has 338 valence electrons. The number of piperazine rings is 1. The summed E-state index contributed by atoms with van der Waals surface area (Å²) in [5.41, 5.74) is -1.32. The molecule has 1 fully saturated rings. The Morgan fingerprint density at radius 2 is 1.18 bits per heavy atom. The van der Waals surface area contributed by atoms with Crippen molar-refractivity contribution >= 4 is 59.3 Å². The van der Waals surface area contributed by atoms with E-state index in [1.54, 1.807) is 117 Å². The highest BCUT2D eigenvalue weighted by Crippen LogP contribution is 2.27. The summed E-state index contributed by atoms with van der Waals surface area (Å²) < 4.78 is 36.9. The first-order chi connectivity index (χ1) is 28.6. The van der Waals surface area contributed by atoms with Crippen LogP contribution in [0.3, 0.4) is 0 Å². The molecule has 2 aromatic rings. The van der Waals surface area contributed by atoms with E-state index in [4.69, 9.17) is 18.9 Å². The Hall–Kier alpha value is -6.27. The lowest BCUT2D eigenvalue weighted by atomic mass is 9.97. The molecule has 5 amide bonds. The molecular formula is C43H60FN9O9. The van der Waals surface area contributed by atoms with Crippen LogP contribution in [0, 0.1) is 5.82 Å². The molecule has 0 bridgehead atoms. The average molecular weight is 866 g/mol. The van der Waals surface area contributed by atoms with Crippen LogP contribution in [-0.4, -0.2) is 119 Å². The van der Waals surface area contributed by atoms with Crippen molar-refractivity contribution in [3.63, 3.8) is 0 Å². The molecule has 19 heteroatoms. The zero-order valence-corrected chi connectivity index (χ0v) is 37.7. The van der Waals surface area contributed by atoms with E-state index in [2.05, 4.69) is 30.9 Å². The number of halogens is 1. The van der Waals surface area contributed by atoms with E-state index in [1.807, 2.05) is 4.90 Å². The third-order valence-electron chi connectivity index (χ3n) is 8.43. The normalized spacial score (nSPS) is 15.6. The number of hydrogen-bond donors (Lipinski definition) is 3. The molecule has 1 aromatic carbocycles.